The fraction of sp³-hybridized carbons (Fsp3) is 0.429. The van der Waals surface area contributed by atoms with Gasteiger partial charge in [0.25, 0.3) is 0 Å². The Morgan fingerprint density at radius 1 is 1.41 bits per heavy atom. The number of benzene rings is 1. The zero-order valence-corrected chi connectivity index (χ0v) is 13.0. The molecule has 8 heteroatoms. The van der Waals surface area contributed by atoms with E-state index < -0.39 is 11.9 Å². The van der Waals surface area contributed by atoms with E-state index in [2.05, 4.69) is 0 Å². The van der Waals surface area contributed by atoms with Crippen LogP contribution in [0.2, 0.25) is 0 Å². The lowest BCUT2D eigenvalue weighted by molar-refractivity contribution is 0.145. The Bertz CT molecular complexity index is 627. The van der Waals surface area contributed by atoms with Crippen molar-refractivity contribution in [1.82, 2.24) is 4.90 Å². The normalized spacial score (nSPS) is 21.8. The highest BCUT2D eigenvalue weighted by molar-refractivity contribution is 7.80. The van der Waals surface area contributed by atoms with Gasteiger partial charge in [-0.3, -0.25) is 4.90 Å². The third-order valence-electron chi connectivity index (χ3n) is 3.89. The average molecular weight is 324 g/mol. The Morgan fingerprint density at radius 3 is 2.73 bits per heavy atom. The van der Waals surface area contributed by atoms with Gasteiger partial charge in [0, 0.05) is 26.7 Å². The first-order valence-electron chi connectivity index (χ1n) is 7.01. The van der Waals surface area contributed by atoms with Crippen molar-refractivity contribution in [3.8, 4) is 0 Å². The topological polar surface area (TPSA) is 62.0 Å². The summed E-state index contributed by atoms with van der Waals surface area (Å²) in [6, 6.07) is 4.66. The molecular weight excluding hydrogens is 307 g/mol. The van der Waals surface area contributed by atoms with E-state index in [4.69, 9.17) is 22.7 Å². The largest absolute Gasteiger partial charge is 0.443 e. The second-order valence-electron chi connectivity index (χ2n) is 5.34. The number of rotatable bonds is 3. The molecule has 0 unspecified atom stereocenters. The SMILES string of the molecule is CN1CCN(c2ccc(N3C[C@@H](CN)OC3=O)cc2F)C1=S. The van der Waals surface area contributed by atoms with Gasteiger partial charge in [0.1, 0.15) is 11.9 Å². The minimum Gasteiger partial charge on any atom is -0.443 e. The maximum Gasteiger partial charge on any atom is 0.414 e. The molecule has 0 spiro atoms. The van der Waals surface area contributed by atoms with Gasteiger partial charge >= 0.3 is 6.09 Å². The van der Waals surface area contributed by atoms with Gasteiger partial charge in [0.2, 0.25) is 0 Å². The molecule has 22 heavy (non-hydrogen) atoms. The molecule has 2 N–H and O–H groups in total. The molecular formula is C14H17FN4O2S. The Morgan fingerprint density at radius 2 is 2.18 bits per heavy atom. The van der Waals surface area contributed by atoms with Gasteiger partial charge < -0.3 is 20.3 Å². The van der Waals surface area contributed by atoms with Crippen LogP contribution in [-0.4, -0.2) is 55.4 Å². The van der Waals surface area contributed by atoms with E-state index in [9.17, 15) is 9.18 Å². The number of anilines is 2. The molecule has 0 aliphatic carbocycles. The van der Waals surface area contributed by atoms with Crippen LogP contribution in [0.15, 0.2) is 18.2 Å². The van der Waals surface area contributed by atoms with Gasteiger partial charge in [-0.2, -0.15) is 0 Å². The summed E-state index contributed by atoms with van der Waals surface area (Å²) in [6.45, 7) is 1.99. The highest BCUT2D eigenvalue weighted by Gasteiger charge is 2.32. The number of likely N-dealkylation sites (N-methyl/N-ethyl adjacent to an activating group) is 1. The van der Waals surface area contributed by atoms with Crippen LogP contribution in [0, 0.1) is 5.82 Å². The number of nitrogens with two attached hydrogens (primary N) is 1. The maximum absolute atomic E-state index is 14.4. The van der Waals surface area contributed by atoms with Gasteiger partial charge in [0.15, 0.2) is 5.11 Å². The maximum atomic E-state index is 14.4. The van der Waals surface area contributed by atoms with Gasteiger partial charge in [-0.15, -0.1) is 0 Å². The van der Waals surface area contributed by atoms with Crippen LogP contribution < -0.4 is 15.5 Å². The van der Waals surface area contributed by atoms with E-state index in [1.54, 1.807) is 17.0 Å². The van der Waals surface area contributed by atoms with Gasteiger partial charge in [-0.05, 0) is 30.4 Å². The third kappa shape index (κ3) is 2.48. The molecule has 0 radical (unpaired) electrons. The Hall–Kier alpha value is -1.93. The fourth-order valence-electron chi connectivity index (χ4n) is 2.61. The first-order chi connectivity index (χ1) is 10.5. The van der Waals surface area contributed by atoms with Crippen molar-refractivity contribution in [2.75, 3.05) is 43.0 Å². The van der Waals surface area contributed by atoms with E-state index in [1.807, 2.05) is 11.9 Å². The summed E-state index contributed by atoms with van der Waals surface area (Å²) in [4.78, 5) is 16.8. The summed E-state index contributed by atoms with van der Waals surface area (Å²) in [5, 5.41) is 0.593. The lowest BCUT2D eigenvalue weighted by Crippen LogP contribution is -2.30. The molecule has 2 saturated heterocycles. The lowest BCUT2D eigenvalue weighted by atomic mass is 10.2. The summed E-state index contributed by atoms with van der Waals surface area (Å²) >= 11 is 5.28. The molecule has 3 rings (SSSR count). The fourth-order valence-corrected chi connectivity index (χ4v) is 2.89. The number of halogens is 1. The number of thiocarbonyl (C=S) groups is 1. The summed E-state index contributed by atoms with van der Waals surface area (Å²) in [6.07, 6.45) is -0.853. The van der Waals surface area contributed by atoms with E-state index in [1.165, 1.54) is 11.0 Å². The van der Waals surface area contributed by atoms with Crippen molar-refractivity contribution in [2.24, 2.45) is 5.73 Å². The van der Waals surface area contributed by atoms with Gasteiger partial charge in [-0.1, -0.05) is 0 Å². The zero-order valence-electron chi connectivity index (χ0n) is 12.2. The molecule has 1 aromatic rings. The number of carbonyl (C=O) groups is 1. The first kappa shape index (κ1) is 15.0. The van der Waals surface area contributed by atoms with Crippen LogP contribution >= 0.6 is 12.2 Å². The number of hydrogen-bond acceptors (Lipinski definition) is 4. The van der Waals surface area contributed by atoms with Crippen molar-refractivity contribution >= 4 is 34.8 Å². The molecule has 2 aliphatic rings. The second kappa shape index (κ2) is 5.69. The van der Waals surface area contributed by atoms with Crippen LogP contribution in [0.1, 0.15) is 0 Å². The lowest BCUT2D eigenvalue weighted by Gasteiger charge is -2.21. The van der Waals surface area contributed by atoms with Gasteiger partial charge in [-0.25, -0.2) is 9.18 Å². The predicted molar refractivity (Wildman–Crippen MR) is 85.6 cm³/mol. The molecule has 1 atom stereocenters. The molecule has 0 saturated carbocycles. The molecule has 118 valence electrons. The number of carbonyl (C=O) groups excluding carboxylic acids is 1. The minimum absolute atomic E-state index is 0.247. The molecule has 0 aromatic heterocycles. The minimum atomic E-state index is -0.501. The molecule has 1 amide bonds. The van der Waals surface area contributed by atoms with E-state index in [0.717, 1.165) is 6.54 Å². The van der Waals surface area contributed by atoms with Crippen molar-refractivity contribution in [3.05, 3.63) is 24.0 Å². The highest BCUT2D eigenvalue weighted by Crippen LogP contribution is 2.29. The number of nitrogens with zero attached hydrogens (tertiary/aromatic N) is 3. The summed E-state index contributed by atoms with van der Waals surface area (Å²) in [7, 11) is 1.88. The Kier molecular flexibility index (Phi) is 3.88. The van der Waals surface area contributed by atoms with Crippen LogP contribution in [0.25, 0.3) is 0 Å². The standard InChI is InChI=1S/C14H17FN4O2S/c1-17-4-5-18(13(17)22)12-3-2-9(6-11(12)15)19-8-10(7-16)21-14(19)20/h2-3,6,10H,4-5,7-8,16H2,1H3/t10-/m1/s1. The highest BCUT2D eigenvalue weighted by atomic mass is 32.1. The quantitative estimate of drug-likeness (QED) is 0.842. The number of hydrogen-bond donors (Lipinski definition) is 1. The molecule has 2 aliphatic heterocycles. The monoisotopic (exact) mass is 324 g/mol. The van der Waals surface area contributed by atoms with Crippen molar-refractivity contribution in [3.63, 3.8) is 0 Å². The summed E-state index contributed by atoms with van der Waals surface area (Å²) < 4.78 is 19.5. The summed E-state index contributed by atoms with van der Waals surface area (Å²) in [5.41, 5.74) is 6.37. The average Bonchev–Trinajstić information content (AvgIpc) is 3.03. The van der Waals surface area contributed by atoms with Crippen molar-refractivity contribution in [2.45, 2.75) is 6.10 Å². The number of ether oxygens (including phenoxy) is 1. The van der Waals surface area contributed by atoms with Crippen LogP contribution in [-0.2, 0) is 4.74 Å². The molecule has 2 heterocycles. The smallest absolute Gasteiger partial charge is 0.414 e. The molecule has 1 aromatic carbocycles. The van der Waals surface area contributed by atoms with Gasteiger partial charge in [0.05, 0.1) is 17.9 Å². The molecule has 6 nitrogen and oxygen atoms in total. The third-order valence-corrected chi connectivity index (χ3v) is 4.42. The Labute approximate surface area is 133 Å². The van der Waals surface area contributed by atoms with E-state index in [-0.39, 0.29) is 12.6 Å². The Balaban J connectivity index is 1.84. The van der Waals surface area contributed by atoms with Crippen LogP contribution in [0.5, 0.6) is 0 Å². The van der Waals surface area contributed by atoms with E-state index >= 15 is 0 Å². The molecule has 0 bridgehead atoms. The van der Waals surface area contributed by atoms with Crippen LogP contribution in [0.4, 0.5) is 20.6 Å². The summed E-state index contributed by atoms with van der Waals surface area (Å²) in [5.74, 6) is -0.417. The molecule has 2 fully saturated rings. The van der Waals surface area contributed by atoms with Crippen molar-refractivity contribution in [1.29, 1.82) is 0 Å². The number of cyclic esters (lactones) is 1. The van der Waals surface area contributed by atoms with Crippen molar-refractivity contribution < 1.29 is 13.9 Å². The number of amides is 1. The van der Waals surface area contributed by atoms with E-state index in [0.29, 0.717) is 29.6 Å². The first-order valence-corrected chi connectivity index (χ1v) is 7.42. The zero-order chi connectivity index (χ0) is 15.9. The second-order valence-corrected chi connectivity index (χ2v) is 5.71. The predicted octanol–water partition coefficient (Wildman–Crippen LogP) is 1.15. The van der Waals surface area contributed by atoms with Crippen LogP contribution in [0.3, 0.4) is 0 Å².